The highest BCUT2D eigenvalue weighted by Crippen LogP contribution is 2.26. The molecule has 1 fully saturated rings. The van der Waals surface area contributed by atoms with Crippen LogP contribution in [0.5, 0.6) is 0 Å². The zero-order chi connectivity index (χ0) is 18.2. The van der Waals surface area contributed by atoms with Crippen molar-refractivity contribution in [1.29, 1.82) is 0 Å². The SMILES string of the molecule is CC(Nc1ncnc(NCCCN2CCOCC2)c1N)c1ccccc1. The van der Waals surface area contributed by atoms with Gasteiger partial charge in [0.25, 0.3) is 0 Å². The lowest BCUT2D eigenvalue weighted by molar-refractivity contribution is 0.0378. The maximum atomic E-state index is 6.26. The second kappa shape index (κ2) is 9.35. The van der Waals surface area contributed by atoms with E-state index in [9.17, 15) is 0 Å². The number of nitrogens with zero attached hydrogens (tertiary/aromatic N) is 3. The predicted octanol–water partition coefficient (Wildman–Crippen LogP) is 2.37. The standard InChI is InChI=1S/C19H28N6O/c1-15(16-6-3-2-4-7-16)24-19-17(20)18(22-14-23-19)21-8-5-9-25-10-12-26-13-11-25/h2-4,6-7,14-15H,5,8-13,20H2,1H3,(H2,21,22,23,24). The van der Waals surface area contributed by atoms with Crippen LogP contribution in [0.3, 0.4) is 0 Å². The maximum absolute atomic E-state index is 6.26. The number of nitrogen functional groups attached to an aromatic ring is 1. The molecule has 0 bridgehead atoms. The second-order valence-corrected chi connectivity index (χ2v) is 6.50. The summed E-state index contributed by atoms with van der Waals surface area (Å²) in [7, 11) is 0. The molecule has 4 N–H and O–H groups in total. The summed E-state index contributed by atoms with van der Waals surface area (Å²) in [5, 5.41) is 6.70. The molecule has 7 heteroatoms. The average molecular weight is 356 g/mol. The van der Waals surface area contributed by atoms with Gasteiger partial charge in [-0.1, -0.05) is 30.3 Å². The van der Waals surface area contributed by atoms with E-state index in [0.717, 1.165) is 45.8 Å². The van der Waals surface area contributed by atoms with Crippen LogP contribution in [-0.2, 0) is 4.74 Å². The molecule has 2 aromatic rings. The Hall–Kier alpha value is -2.38. The summed E-state index contributed by atoms with van der Waals surface area (Å²) >= 11 is 0. The largest absolute Gasteiger partial charge is 0.393 e. The Labute approximate surface area is 155 Å². The van der Waals surface area contributed by atoms with Gasteiger partial charge in [-0.3, -0.25) is 4.90 Å². The fourth-order valence-corrected chi connectivity index (χ4v) is 3.02. The van der Waals surface area contributed by atoms with Gasteiger partial charge in [-0.05, 0) is 25.5 Å². The van der Waals surface area contributed by atoms with E-state index >= 15 is 0 Å². The summed E-state index contributed by atoms with van der Waals surface area (Å²) in [6, 6.07) is 10.3. The molecule has 140 valence electrons. The molecule has 1 aliphatic rings. The maximum Gasteiger partial charge on any atom is 0.155 e. The molecule has 2 heterocycles. The summed E-state index contributed by atoms with van der Waals surface area (Å²) in [4.78, 5) is 11.0. The molecule has 0 saturated carbocycles. The first-order valence-electron chi connectivity index (χ1n) is 9.20. The Kier molecular flexibility index (Phi) is 6.62. The lowest BCUT2D eigenvalue weighted by Crippen LogP contribution is -2.37. The summed E-state index contributed by atoms with van der Waals surface area (Å²) in [6.45, 7) is 7.67. The molecule has 3 rings (SSSR count). The van der Waals surface area contributed by atoms with Crippen molar-refractivity contribution in [3.8, 4) is 0 Å². The molecule has 0 amide bonds. The van der Waals surface area contributed by atoms with Crippen molar-refractivity contribution in [2.75, 3.05) is 55.8 Å². The smallest absolute Gasteiger partial charge is 0.155 e. The van der Waals surface area contributed by atoms with Crippen LogP contribution in [0, 0.1) is 0 Å². The van der Waals surface area contributed by atoms with Crippen LogP contribution in [0.4, 0.5) is 17.3 Å². The number of morpholine rings is 1. The molecule has 1 aromatic carbocycles. The van der Waals surface area contributed by atoms with Gasteiger partial charge >= 0.3 is 0 Å². The number of benzene rings is 1. The highest BCUT2D eigenvalue weighted by atomic mass is 16.5. The Morgan fingerprint density at radius 3 is 2.65 bits per heavy atom. The van der Waals surface area contributed by atoms with Gasteiger partial charge < -0.3 is 21.1 Å². The van der Waals surface area contributed by atoms with Crippen LogP contribution in [-0.4, -0.2) is 54.3 Å². The third-order valence-corrected chi connectivity index (χ3v) is 4.58. The van der Waals surface area contributed by atoms with E-state index in [1.54, 1.807) is 6.33 Å². The predicted molar refractivity (Wildman–Crippen MR) is 105 cm³/mol. The van der Waals surface area contributed by atoms with Gasteiger partial charge in [0.2, 0.25) is 0 Å². The molecule has 1 saturated heterocycles. The molecule has 7 nitrogen and oxygen atoms in total. The van der Waals surface area contributed by atoms with Gasteiger partial charge in [0, 0.05) is 19.6 Å². The number of hydrogen-bond donors (Lipinski definition) is 3. The first kappa shape index (κ1) is 18.4. The molecule has 0 radical (unpaired) electrons. The molecular weight excluding hydrogens is 328 g/mol. The van der Waals surface area contributed by atoms with Crippen molar-refractivity contribution >= 4 is 17.3 Å². The number of anilines is 3. The van der Waals surface area contributed by atoms with Crippen LogP contribution in [0.25, 0.3) is 0 Å². The molecule has 1 aliphatic heterocycles. The van der Waals surface area contributed by atoms with Crippen molar-refractivity contribution in [3.63, 3.8) is 0 Å². The Bertz CT molecular complexity index is 675. The number of nitrogens with two attached hydrogens (primary N) is 1. The first-order valence-corrected chi connectivity index (χ1v) is 9.20. The van der Waals surface area contributed by atoms with Crippen molar-refractivity contribution < 1.29 is 4.74 Å². The number of rotatable bonds is 8. The van der Waals surface area contributed by atoms with E-state index in [-0.39, 0.29) is 6.04 Å². The van der Waals surface area contributed by atoms with E-state index in [4.69, 9.17) is 10.5 Å². The zero-order valence-corrected chi connectivity index (χ0v) is 15.3. The van der Waals surface area contributed by atoms with Crippen molar-refractivity contribution in [1.82, 2.24) is 14.9 Å². The fourth-order valence-electron chi connectivity index (χ4n) is 3.02. The fraction of sp³-hybridized carbons (Fsp3) is 0.474. The van der Waals surface area contributed by atoms with E-state index < -0.39 is 0 Å². The first-order chi connectivity index (χ1) is 12.7. The Balaban J connectivity index is 1.51. The summed E-state index contributed by atoms with van der Waals surface area (Å²) in [6.07, 6.45) is 2.58. The highest BCUT2D eigenvalue weighted by molar-refractivity contribution is 5.74. The van der Waals surface area contributed by atoms with E-state index in [1.807, 2.05) is 18.2 Å². The van der Waals surface area contributed by atoms with E-state index in [2.05, 4.69) is 44.6 Å². The molecule has 1 atom stereocenters. The monoisotopic (exact) mass is 356 g/mol. The van der Waals surface area contributed by atoms with Crippen LogP contribution in [0.2, 0.25) is 0 Å². The highest BCUT2D eigenvalue weighted by Gasteiger charge is 2.12. The van der Waals surface area contributed by atoms with Crippen LogP contribution in [0.1, 0.15) is 24.9 Å². The minimum atomic E-state index is 0.113. The van der Waals surface area contributed by atoms with Gasteiger partial charge in [-0.25, -0.2) is 9.97 Å². The number of aromatic nitrogens is 2. The minimum absolute atomic E-state index is 0.113. The van der Waals surface area contributed by atoms with Crippen LogP contribution in [0.15, 0.2) is 36.7 Å². The van der Waals surface area contributed by atoms with Crippen LogP contribution < -0.4 is 16.4 Å². The number of nitrogens with one attached hydrogen (secondary N) is 2. The second-order valence-electron chi connectivity index (χ2n) is 6.50. The normalized spacial score (nSPS) is 16.2. The summed E-state index contributed by atoms with van der Waals surface area (Å²) < 4.78 is 5.37. The molecule has 0 spiro atoms. The van der Waals surface area contributed by atoms with Crippen molar-refractivity contribution in [2.45, 2.75) is 19.4 Å². The molecular formula is C19H28N6O. The van der Waals surface area contributed by atoms with Gasteiger partial charge in [0.15, 0.2) is 11.6 Å². The number of ether oxygens (including phenoxy) is 1. The van der Waals surface area contributed by atoms with Gasteiger partial charge in [-0.15, -0.1) is 0 Å². The van der Waals surface area contributed by atoms with Gasteiger partial charge in [0.1, 0.15) is 12.0 Å². The summed E-state index contributed by atoms with van der Waals surface area (Å²) in [5.41, 5.74) is 8.00. The quantitative estimate of drug-likeness (QED) is 0.626. The van der Waals surface area contributed by atoms with Crippen molar-refractivity contribution in [2.24, 2.45) is 0 Å². The zero-order valence-electron chi connectivity index (χ0n) is 15.3. The van der Waals surface area contributed by atoms with Gasteiger partial charge in [-0.2, -0.15) is 0 Å². The molecule has 0 aliphatic carbocycles. The molecule has 1 aromatic heterocycles. The van der Waals surface area contributed by atoms with E-state index in [1.165, 1.54) is 5.56 Å². The third kappa shape index (κ3) is 5.06. The Morgan fingerprint density at radius 1 is 1.15 bits per heavy atom. The lowest BCUT2D eigenvalue weighted by Gasteiger charge is -2.26. The molecule has 26 heavy (non-hydrogen) atoms. The minimum Gasteiger partial charge on any atom is -0.393 e. The average Bonchev–Trinajstić information content (AvgIpc) is 2.69. The van der Waals surface area contributed by atoms with E-state index in [0.29, 0.717) is 17.3 Å². The lowest BCUT2D eigenvalue weighted by atomic mass is 10.1. The Morgan fingerprint density at radius 2 is 1.88 bits per heavy atom. The van der Waals surface area contributed by atoms with Crippen molar-refractivity contribution in [3.05, 3.63) is 42.2 Å². The number of hydrogen-bond acceptors (Lipinski definition) is 7. The van der Waals surface area contributed by atoms with Crippen LogP contribution >= 0.6 is 0 Å². The topological polar surface area (TPSA) is 88.3 Å². The summed E-state index contributed by atoms with van der Waals surface area (Å²) in [5.74, 6) is 1.34. The molecule has 1 unspecified atom stereocenters. The van der Waals surface area contributed by atoms with Gasteiger partial charge in [0.05, 0.1) is 19.3 Å². The third-order valence-electron chi connectivity index (χ3n) is 4.58.